The third-order valence-electron chi connectivity index (χ3n) is 3.45. The van der Waals surface area contributed by atoms with Gasteiger partial charge in [0, 0.05) is 5.69 Å². The first-order valence-electron chi connectivity index (χ1n) is 7.36. The number of hydrogen-bond donors (Lipinski definition) is 2. The summed E-state index contributed by atoms with van der Waals surface area (Å²) in [6.07, 6.45) is -10.5. The first-order valence-corrected chi connectivity index (χ1v) is 8.85. The Kier molecular flexibility index (Phi) is 4.76. The predicted molar refractivity (Wildman–Crippen MR) is 82.1 cm³/mol. The van der Waals surface area contributed by atoms with Gasteiger partial charge in [0.2, 0.25) is 23.5 Å². The second-order valence-electron chi connectivity index (χ2n) is 5.49. The van der Waals surface area contributed by atoms with Crippen LogP contribution in [0.4, 0.5) is 26.3 Å². The maximum Gasteiger partial charge on any atom is 0.452 e. The van der Waals surface area contributed by atoms with E-state index in [1.165, 1.54) is 0 Å². The Morgan fingerprint density at radius 2 is 1.48 bits per heavy atom. The van der Waals surface area contributed by atoms with Gasteiger partial charge in [0.05, 0.1) is 4.90 Å². The number of nitrogens with zero attached hydrogens (tertiary/aromatic N) is 4. The third kappa shape index (κ3) is 4.15. The summed E-state index contributed by atoms with van der Waals surface area (Å²) in [5.74, 6) is -4.79. The summed E-state index contributed by atoms with van der Waals surface area (Å²) in [4.78, 5) is 14.1. The first-order chi connectivity index (χ1) is 13.3. The Morgan fingerprint density at radius 3 is 1.90 bits per heavy atom. The number of alkyl halides is 6. The number of amides is 1. The molecule has 0 aliphatic carbocycles. The van der Waals surface area contributed by atoms with Crippen molar-refractivity contribution in [2.45, 2.75) is 17.2 Å². The van der Waals surface area contributed by atoms with Gasteiger partial charge in [-0.05, 0) is 24.3 Å². The molecule has 0 bridgehead atoms. The summed E-state index contributed by atoms with van der Waals surface area (Å²) in [6, 6.07) is 2.99. The highest BCUT2D eigenvalue weighted by Gasteiger charge is 2.45. The number of guanidine groups is 1. The van der Waals surface area contributed by atoms with Crippen molar-refractivity contribution < 1.29 is 39.6 Å². The lowest BCUT2D eigenvalue weighted by Gasteiger charge is -2.14. The lowest BCUT2D eigenvalue weighted by molar-refractivity contribution is -0.153. The number of nitrogens with one attached hydrogen (secondary N) is 2. The highest BCUT2D eigenvalue weighted by atomic mass is 32.2. The van der Waals surface area contributed by atoms with Crippen LogP contribution in [0.2, 0.25) is 0 Å². The molecule has 0 unspecified atom stereocenters. The van der Waals surface area contributed by atoms with Crippen LogP contribution in [-0.2, 0) is 27.2 Å². The molecule has 9 nitrogen and oxygen atoms in total. The van der Waals surface area contributed by atoms with Gasteiger partial charge >= 0.3 is 12.4 Å². The van der Waals surface area contributed by atoms with Crippen molar-refractivity contribution in [3.8, 4) is 5.69 Å². The zero-order valence-corrected chi connectivity index (χ0v) is 14.5. The molecule has 2 N–H and O–H groups in total. The van der Waals surface area contributed by atoms with Crippen LogP contribution in [0.5, 0.6) is 0 Å². The van der Waals surface area contributed by atoms with Gasteiger partial charge < -0.3 is 0 Å². The van der Waals surface area contributed by atoms with E-state index in [1.807, 2.05) is 4.72 Å². The number of sulfonamides is 1. The van der Waals surface area contributed by atoms with E-state index in [0.29, 0.717) is 0 Å². The van der Waals surface area contributed by atoms with E-state index in [-0.39, 0.29) is 17.1 Å². The number of aliphatic imine (C=N–C) groups is 1. The van der Waals surface area contributed by atoms with Crippen LogP contribution in [0.3, 0.4) is 0 Å². The van der Waals surface area contributed by atoms with E-state index in [4.69, 9.17) is 0 Å². The van der Waals surface area contributed by atoms with Crippen LogP contribution in [-0.4, -0.2) is 41.6 Å². The summed E-state index contributed by atoms with van der Waals surface area (Å²) in [7, 11) is -4.31. The van der Waals surface area contributed by atoms with Crippen molar-refractivity contribution in [2.75, 3.05) is 6.54 Å². The van der Waals surface area contributed by atoms with Crippen molar-refractivity contribution >= 4 is 21.9 Å². The molecular formula is C13H8F6N6O3S. The molecular weight excluding hydrogens is 434 g/mol. The van der Waals surface area contributed by atoms with Crippen LogP contribution in [0.1, 0.15) is 11.6 Å². The molecule has 0 fully saturated rings. The maximum atomic E-state index is 13.0. The molecule has 0 saturated heterocycles. The van der Waals surface area contributed by atoms with Crippen molar-refractivity contribution in [2.24, 2.45) is 4.99 Å². The quantitative estimate of drug-likeness (QED) is 0.690. The molecule has 1 aliphatic heterocycles. The smallest absolute Gasteiger partial charge is 0.294 e. The molecule has 0 radical (unpaired) electrons. The van der Waals surface area contributed by atoms with Gasteiger partial charge in [0.1, 0.15) is 6.54 Å². The van der Waals surface area contributed by atoms with Crippen LogP contribution >= 0.6 is 0 Å². The fourth-order valence-electron chi connectivity index (χ4n) is 2.28. The minimum Gasteiger partial charge on any atom is -0.294 e. The third-order valence-corrected chi connectivity index (χ3v) is 4.80. The van der Waals surface area contributed by atoms with Gasteiger partial charge in [0.15, 0.2) is 0 Å². The molecule has 2 aromatic rings. The summed E-state index contributed by atoms with van der Waals surface area (Å²) < 4.78 is 104. The van der Waals surface area contributed by atoms with E-state index in [0.717, 1.165) is 24.3 Å². The largest absolute Gasteiger partial charge is 0.452 e. The number of benzene rings is 1. The summed E-state index contributed by atoms with van der Waals surface area (Å²) in [5, 5.41) is 7.23. The van der Waals surface area contributed by atoms with Crippen molar-refractivity contribution in [1.82, 2.24) is 24.8 Å². The first kappa shape index (κ1) is 20.6. The minimum atomic E-state index is -5.25. The molecule has 156 valence electrons. The van der Waals surface area contributed by atoms with E-state index in [9.17, 15) is 39.6 Å². The molecule has 1 aliphatic rings. The number of rotatable bonds is 3. The highest BCUT2D eigenvalue weighted by Crippen LogP contribution is 2.36. The molecule has 16 heteroatoms. The standard InChI is InChI=1S/C13H8F6N6O3S/c14-12(15,16)9-22-23-10(13(17,18)19)25(9)6-1-3-7(4-2-6)29(27,28)24-11-20-5-8(26)21-11/h1-4H,5H2,(H2,20,21,24,26). The van der Waals surface area contributed by atoms with Crippen LogP contribution in [0, 0.1) is 0 Å². The molecule has 0 spiro atoms. The highest BCUT2D eigenvalue weighted by molar-refractivity contribution is 7.90. The van der Waals surface area contributed by atoms with Gasteiger partial charge in [-0.2, -0.15) is 26.3 Å². The lowest BCUT2D eigenvalue weighted by atomic mass is 10.3. The summed E-state index contributed by atoms with van der Waals surface area (Å²) in [5.41, 5.74) is -0.667. The second-order valence-corrected chi connectivity index (χ2v) is 7.17. The SMILES string of the molecule is O=C1CN=C(NS(=O)(=O)c2ccc(-n3c(C(F)(F)F)nnc3C(F)(F)F)cc2)N1. The average molecular weight is 442 g/mol. The second kappa shape index (κ2) is 6.71. The van der Waals surface area contributed by atoms with Crippen LogP contribution < -0.4 is 10.0 Å². The molecule has 3 rings (SSSR count). The zero-order chi connectivity index (χ0) is 21.6. The van der Waals surface area contributed by atoms with Gasteiger partial charge in [-0.1, -0.05) is 0 Å². The minimum absolute atomic E-state index is 0.273. The van der Waals surface area contributed by atoms with Crippen molar-refractivity contribution in [3.63, 3.8) is 0 Å². The van der Waals surface area contributed by atoms with Crippen LogP contribution in [0.25, 0.3) is 5.69 Å². The Bertz CT molecular complexity index is 1060. The van der Waals surface area contributed by atoms with Gasteiger partial charge in [-0.25, -0.2) is 18.1 Å². The lowest BCUT2D eigenvalue weighted by Crippen LogP contribution is -2.39. The molecule has 1 amide bonds. The average Bonchev–Trinajstić information content (AvgIpc) is 3.20. The van der Waals surface area contributed by atoms with E-state index in [2.05, 4.69) is 20.5 Å². The number of aromatic nitrogens is 3. The fraction of sp³-hybridized carbons (Fsp3) is 0.231. The number of halogens is 6. The molecule has 29 heavy (non-hydrogen) atoms. The Balaban J connectivity index is 1.99. The number of hydrogen-bond acceptors (Lipinski definition) is 6. The molecule has 1 aromatic carbocycles. The zero-order valence-electron chi connectivity index (χ0n) is 13.7. The normalized spacial score (nSPS) is 15.2. The Morgan fingerprint density at radius 1 is 0.966 bits per heavy atom. The van der Waals surface area contributed by atoms with Gasteiger partial charge in [-0.3, -0.25) is 14.7 Å². The summed E-state index contributed by atoms with van der Waals surface area (Å²) >= 11 is 0. The topological polar surface area (TPSA) is 118 Å². The summed E-state index contributed by atoms with van der Waals surface area (Å²) in [6.45, 7) is -0.301. The Labute approximate surface area is 157 Å². The van der Waals surface area contributed by atoms with Crippen molar-refractivity contribution in [3.05, 3.63) is 35.9 Å². The molecule has 2 heterocycles. The van der Waals surface area contributed by atoms with E-state index < -0.39 is 50.5 Å². The van der Waals surface area contributed by atoms with E-state index in [1.54, 1.807) is 0 Å². The number of carbonyl (C=O) groups excluding carboxylic acids is 1. The van der Waals surface area contributed by atoms with E-state index >= 15 is 0 Å². The van der Waals surface area contributed by atoms with Crippen molar-refractivity contribution in [1.29, 1.82) is 0 Å². The fourth-order valence-corrected chi connectivity index (χ4v) is 3.26. The molecule has 0 atom stereocenters. The maximum absolute atomic E-state index is 13.0. The molecule has 1 aromatic heterocycles. The predicted octanol–water partition coefficient (Wildman–Crippen LogP) is 1.07. The molecule has 0 saturated carbocycles. The Hall–Kier alpha value is -3.17. The van der Waals surface area contributed by atoms with Gasteiger partial charge in [-0.15, -0.1) is 10.2 Å². The monoisotopic (exact) mass is 442 g/mol. The number of carbonyl (C=O) groups is 1. The van der Waals surface area contributed by atoms with Crippen LogP contribution in [0.15, 0.2) is 34.2 Å². The van der Waals surface area contributed by atoms with Gasteiger partial charge in [0.25, 0.3) is 10.0 Å².